The molecule has 0 spiro atoms. The molecule has 0 aliphatic carbocycles. The van der Waals surface area contributed by atoms with E-state index < -0.39 is 15.8 Å². The Balaban J connectivity index is 1.59. The van der Waals surface area contributed by atoms with E-state index in [-0.39, 0.29) is 15.6 Å². The quantitative estimate of drug-likeness (QED) is 0.495. The Bertz CT molecular complexity index is 1190. The van der Waals surface area contributed by atoms with Crippen molar-refractivity contribution < 1.29 is 17.9 Å². The molecular weight excluding hydrogens is 437 g/mol. The van der Waals surface area contributed by atoms with Crippen LogP contribution in [-0.4, -0.2) is 38.7 Å². The average Bonchev–Trinajstić information content (AvgIpc) is 3.20. The lowest BCUT2D eigenvalue weighted by Crippen LogP contribution is -2.54. The lowest BCUT2D eigenvalue weighted by atomic mass is 10.1. The number of rotatable bonds is 5. The Labute approximate surface area is 185 Å². The van der Waals surface area contributed by atoms with Crippen LogP contribution in [-0.2, 0) is 10.0 Å². The zero-order valence-electron chi connectivity index (χ0n) is 17.2. The standard InChI is InChI=1S/C22H24FN3O3S2/c1-14-12-26(13-15(2)24-14)16-7-8-20(27)19(11-16)25-31(28,29)22-10-9-21(30-22)17-5-3-4-6-18(17)23/h3-11,14-15,24-25,27H,12-13H2,1-2H3/t14-,15+. The molecule has 4 rings (SSSR count). The maximum Gasteiger partial charge on any atom is 0.271 e. The van der Waals surface area contributed by atoms with Gasteiger partial charge in [-0.1, -0.05) is 18.2 Å². The molecule has 0 radical (unpaired) electrons. The lowest BCUT2D eigenvalue weighted by molar-refractivity contribution is 0.407. The van der Waals surface area contributed by atoms with Crippen molar-refractivity contribution in [3.8, 4) is 16.2 Å². The number of benzene rings is 2. The van der Waals surface area contributed by atoms with Gasteiger partial charge in [0.05, 0.1) is 5.69 Å². The minimum absolute atomic E-state index is 0.0416. The third kappa shape index (κ3) is 4.68. The number of hydrogen-bond donors (Lipinski definition) is 3. The molecule has 3 aromatic rings. The molecule has 2 aromatic carbocycles. The van der Waals surface area contributed by atoms with Gasteiger partial charge in [0.2, 0.25) is 0 Å². The van der Waals surface area contributed by atoms with Crippen LogP contribution in [0.3, 0.4) is 0 Å². The first kappa shape index (κ1) is 21.6. The first-order chi connectivity index (χ1) is 14.7. The van der Waals surface area contributed by atoms with Crippen molar-refractivity contribution in [2.24, 2.45) is 0 Å². The summed E-state index contributed by atoms with van der Waals surface area (Å²) < 4.78 is 42.5. The van der Waals surface area contributed by atoms with E-state index in [9.17, 15) is 17.9 Å². The third-order valence-corrected chi connectivity index (χ3v) is 8.11. The highest BCUT2D eigenvalue weighted by Gasteiger charge is 2.24. The largest absolute Gasteiger partial charge is 0.506 e. The van der Waals surface area contributed by atoms with E-state index in [1.165, 1.54) is 18.2 Å². The number of phenolic OH excluding ortho intramolecular Hbond substituents is 1. The minimum Gasteiger partial charge on any atom is -0.506 e. The summed E-state index contributed by atoms with van der Waals surface area (Å²) in [6.45, 7) is 5.74. The van der Waals surface area contributed by atoms with Crippen molar-refractivity contribution in [3.05, 3.63) is 60.4 Å². The lowest BCUT2D eigenvalue weighted by Gasteiger charge is -2.37. The molecule has 1 aromatic heterocycles. The maximum absolute atomic E-state index is 14.1. The summed E-state index contributed by atoms with van der Waals surface area (Å²) in [6, 6.07) is 14.7. The molecule has 9 heteroatoms. The van der Waals surface area contributed by atoms with Gasteiger partial charge in [0.25, 0.3) is 10.0 Å². The summed E-state index contributed by atoms with van der Waals surface area (Å²) in [5, 5.41) is 13.7. The molecule has 1 fully saturated rings. The van der Waals surface area contributed by atoms with Crippen LogP contribution >= 0.6 is 11.3 Å². The van der Waals surface area contributed by atoms with Crippen molar-refractivity contribution in [1.29, 1.82) is 0 Å². The fourth-order valence-corrected chi connectivity index (χ4v) is 6.20. The third-order valence-electron chi connectivity index (χ3n) is 5.13. The van der Waals surface area contributed by atoms with Crippen molar-refractivity contribution >= 4 is 32.7 Å². The Morgan fingerprint density at radius 2 is 1.81 bits per heavy atom. The van der Waals surface area contributed by atoms with E-state index in [4.69, 9.17) is 0 Å². The summed E-state index contributed by atoms with van der Waals surface area (Å²) in [5.74, 6) is -0.569. The second-order valence-corrected chi connectivity index (χ2v) is 10.8. The van der Waals surface area contributed by atoms with Gasteiger partial charge in [0.1, 0.15) is 15.8 Å². The smallest absolute Gasteiger partial charge is 0.271 e. The van der Waals surface area contributed by atoms with Crippen LogP contribution in [0.15, 0.2) is 58.8 Å². The summed E-state index contributed by atoms with van der Waals surface area (Å²) in [6.07, 6.45) is 0. The number of nitrogens with one attached hydrogen (secondary N) is 2. The van der Waals surface area contributed by atoms with Gasteiger partial charge < -0.3 is 15.3 Å². The van der Waals surface area contributed by atoms with Crippen LogP contribution in [0.25, 0.3) is 10.4 Å². The highest BCUT2D eigenvalue weighted by molar-refractivity contribution is 7.94. The van der Waals surface area contributed by atoms with Crippen molar-refractivity contribution in [2.75, 3.05) is 22.7 Å². The predicted molar refractivity (Wildman–Crippen MR) is 123 cm³/mol. The SMILES string of the molecule is C[C@@H]1CN(c2ccc(O)c(NS(=O)(=O)c3ccc(-c4ccccc4F)s3)c2)C[C@H](C)N1. The van der Waals surface area contributed by atoms with Crippen LogP contribution < -0.4 is 14.9 Å². The normalized spacial score (nSPS) is 19.4. The van der Waals surface area contributed by atoms with E-state index in [2.05, 4.69) is 28.8 Å². The van der Waals surface area contributed by atoms with Crippen LogP contribution in [0, 0.1) is 5.82 Å². The number of hydrogen-bond acceptors (Lipinski definition) is 6. The van der Waals surface area contributed by atoms with E-state index in [0.29, 0.717) is 22.5 Å². The van der Waals surface area contributed by atoms with Gasteiger partial charge in [0, 0.05) is 41.3 Å². The van der Waals surface area contributed by atoms with Gasteiger partial charge in [-0.2, -0.15) is 0 Å². The van der Waals surface area contributed by atoms with Crippen molar-refractivity contribution in [1.82, 2.24) is 5.32 Å². The molecule has 164 valence electrons. The van der Waals surface area contributed by atoms with Crippen molar-refractivity contribution in [2.45, 2.75) is 30.1 Å². The molecule has 0 saturated carbocycles. The molecule has 3 N–H and O–H groups in total. The molecular formula is C22H24FN3O3S2. The fourth-order valence-electron chi connectivity index (χ4n) is 3.81. The number of aromatic hydroxyl groups is 1. The summed E-state index contributed by atoms with van der Waals surface area (Å²) in [7, 11) is -3.95. The number of thiophene rings is 1. The molecule has 0 unspecified atom stereocenters. The number of anilines is 2. The monoisotopic (exact) mass is 461 g/mol. The predicted octanol–water partition coefficient (Wildman–Crippen LogP) is 4.25. The molecule has 1 saturated heterocycles. The molecule has 2 heterocycles. The number of sulfonamides is 1. The average molecular weight is 462 g/mol. The van der Waals surface area contributed by atoms with Gasteiger partial charge in [-0.25, -0.2) is 12.8 Å². The number of halogens is 1. The van der Waals surface area contributed by atoms with Crippen LogP contribution in [0.1, 0.15) is 13.8 Å². The van der Waals surface area contributed by atoms with Gasteiger partial charge >= 0.3 is 0 Å². The second-order valence-electron chi connectivity index (χ2n) is 7.78. The number of nitrogens with zero attached hydrogens (tertiary/aromatic N) is 1. The second kappa shape index (κ2) is 8.49. The minimum atomic E-state index is -3.95. The van der Waals surface area contributed by atoms with Gasteiger partial charge in [-0.3, -0.25) is 4.72 Å². The molecule has 6 nitrogen and oxygen atoms in total. The van der Waals surface area contributed by atoms with Crippen LogP contribution in [0.4, 0.5) is 15.8 Å². The van der Waals surface area contributed by atoms with Gasteiger partial charge in [0.15, 0.2) is 0 Å². The van der Waals surface area contributed by atoms with E-state index in [0.717, 1.165) is 30.1 Å². The molecule has 1 aliphatic rings. The Morgan fingerprint density at radius 1 is 1.10 bits per heavy atom. The Kier molecular flexibility index (Phi) is 5.92. The zero-order chi connectivity index (χ0) is 22.2. The van der Waals surface area contributed by atoms with E-state index in [1.54, 1.807) is 36.4 Å². The first-order valence-corrected chi connectivity index (χ1v) is 12.2. The number of piperazine rings is 1. The maximum atomic E-state index is 14.1. The van der Waals surface area contributed by atoms with Gasteiger partial charge in [-0.15, -0.1) is 11.3 Å². The van der Waals surface area contributed by atoms with Crippen LogP contribution in [0.5, 0.6) is 5.75 Å². The topological polar surface area (TPSA) is 81.7 Å². The number of phenols is 1. The highest BCUT2D eigenvalue weighted by Crippen LogP contribution is 2.35. The molecule has 2 atom stereocenters. The Hall–Kier alpha value is -2.62. The van der Waals surface area contributed by atoms with E-state index >= 15 is 0 Å². The van der Waals surface area contributed by atoms with Crippen molar-refractivity contribution in [3.63, 3.8) is 0 Å². The zero-order valence-corrected chi connectivity index (χ0v) is 18.8. The Morgan fingerprint density at radius 3 is 2.52 bits per heavy atom. The summed E-state index contributed by atoms with van der Waals surface area (Å²) in [4.78, 5) is 2.67. The van der Waals surface area contributed by atoms with E-state index in [1.807, 2.05) is 0 Å². The van der Waals surface area contributed by atoms with Crippen LogP contribution in [0.2, 0.25) is 0 Å². The fraction of sp³-hybridized carbons (Fsp3) is 0.273. The first-order valence-electron chi connectivity index (χ1n) is 9.94. The highest BCUT2D eigenvalue weighted by atomic mass is 32.2. The molecule has 0 bridgehead atoms. The molecule has 1 aliphatic heterocycles. The van der Waals surface area contributed by atoms with Gasteiger partial charge in [-0.05, 0) is 50.2 Å². The molecule has 31 heavy (non-hydrogen) atoms. The molecule has 0 amide bonds. The summed E-state index contributed by atoms with van der Waals surface area (Å²) >= 11 is 0.974. The summed E-state index contributed by atoms with van der Waals surface area (Å²) in [5.41, 5.74) is 1.28.